The summed E-state index contributed by atoms with van der Waals surface area (Å²) < 4.78 is 25.4. The Bertz CT molecular complexity index is 510. The normalized spacial score (nSPS) is 18.6. The van der Waals surface area contributed by atoms with Crippen molar-refractivity contribution in [3.63, 3.8) is 0 Å². The molecule has 5 nitrogen and oxygen atoms in total. The molecule has 0 aliphatic carbocycles. The zero-order valence-electron chi connectivity index (χ0n) is 10.5. The van der Waals surface area contributed by atoms with Crippen molar-refractivity contribution in [3.8, 4) is 0 Å². The van der Waals surface area contributed by atoms with Gasteiger partial charge in [-0.15, -0.1) is 0 Å². The fraction of sp³-hybridized carbons (Fsp3) is 0.500. The molecule has 1 saturated heterocycles. The van der Waals surface area contributed by atoms with Gasteiger partial charge in [0.05, 0.1) is 0 Å². The monoisotopic (exact) mass is 347 g/mol. The molecular weight excluding hydrogens is 330 g/mol. The van der Waals surface area contributed by atoms with Gasteiger partial charge in [0.15, 0.2) is 0 Å². The van der Waals surface area contributed by atoms with Gasteiger partial charge in [0.1, 0.15) is 0 Å². The molecule has 0 atom stereocenters. The van der Waals surface area contributed by atoms with Crippen molar-refractivity contribution < 1.29 is 8.42 Å². The third kappa shape index (κ3) is 5.19. The van der Waals surface area contributed by atoms with Crippen LogP contribution >= 0.6 is 15.9 Å². The second-order valence-corrected chi connectivity index (χ2v) is 7.08. The zero-order valence-corrected chi connectivity index (χ0v) is 13.0. The second-order valence-electron chi connectivity index (χ2n) is 4.84. The molecule has 1 aliphatic heterocycles. The smallest absolute Gasteiger partial charge is 0.274 e. The lowest BCUT2D eigenvalue weighted by atomic mass is 10.1. The number of piperidine rings is 1. The van der Waals surface area contributed by atoms with E-state index < -0.39 is 10.2 Å². The summed E-state index contributed by atoms with van der Waals surface area (Å²) in [6.45, 7) is 2.65. The van der Waals surface area contributed by atoms with Crippen LogP contribution in [0.15, 0.2) is 28.7 Å². The first-order chi connectivity index (χ1) is 8.92. The summed E-state index contributed by atoms with van der Waals surface area (Å²) in [6.07, 6.45) is 1.60. The number of benzene rings is 1. The van der Waals surface area contributed by atoms with Crippen LogP contribution in [-0.2, 0) is 16.8 Å². The molecule has 3 N–H and O–H groups in total. The van der Waals surface area contributed by atoms with Crippen molar-refractivity contribution in [3.05, 3.63) is 34.3 Å². The summed E-state index contributed by atoms with van der Waals surface area (Å²) in [7, 11) is -3.58. The van der Waals surface area contributed by atoms with Crippen LogP contribution in [0.25, 0.3) is 0 Å². The average molecular weight is 348 g/mol. The molecule has 0 bridgehead atoms. The number of rotatable bonds is 4. The largest absolute Gasteiger partial charge is 0.299 e. The molecule has 1 heterocycles. The van der Waals surface area contributed by atoms with Gasteiger partial charge >= 0.3 is 0 Å². The highest BCUT2D eigenvalue weighted by molar-refractivity contribution is 9.10. The molecule has 0 radical (unpaired) electrons. The molecule has 2 rings (SSSR count). The van der Waals surface area contributed by atoms with Crippen LogP contribution in [0.1, 0.15) is 18.4 Å². The Labute approximate surface area is 122 Å². The molecule has 106 valence electrons. The van der Waals surface area contributed by atoms with Gasteiger partial charge in [-0.2, -0.15) is 13.1 Å². The lowest BCUT2D eigenvalue weighted by Crippen LogP contribution is -2.46. The van der Waals surface area contributed by atoms with E-state index in [1.54, 1.807) is 0 Å². The Morgan fingerprint density at radius 1 is 1.26 bits per heavy atom. The summed E-state index contributed by atoms with van der Waals surface area (Å²) >= 11 is 3.42. The van der Waals surface area contributed by atoms with E-state index in [4.69, 9.17) is 5.14 Å². The van der Waals surface area contributed by atoms with Gasteiger partial charge in [0.25, 0.3) is 10.2 Å². The Kier molecular flexibility index (Phi) is 4.97. The molecule has 0 aromatic heterocycles. The van der Waals surface area contributed by atoms with Crippen molar-refractivity contribution >= 4 is 26.1 Å². The van der Waals surface area contributed by atoms with Crippen LogP contribution in [0.2, 0.25) is 0 Å². The maximum Gasteiger partial charge on any atom is 0.274 e. The first-order valence-electron chi connectivity index (χ1n) is 6.19. The Hall–Kier alpha value is -0.470. The highest BCUT2D eigenvalue weighted by Gasteiger charge is 2.21. The minimum atomic E-state index is -3.58. The standard InChI is InChI=1S/C12H18BrN3O2S/c13-11-3-1-10(2-4-11)9-16-7-5-12(6-8-16)15-19(14,17)18/h1-4,12,15H,5-9H2,(H2,14,17,18). The van der Waals surface area contributed by atoms with E-state index in [-0.39, 0.29) is 6.04 Å². The van der Waals surface area contributed by atoms with Crippen molar-refractivity contribution in [2.75, 3.05) is 13.1 Å². The number of nitrogens with two attached hydrogens (primary N) is 1. The lowest BCUT2D eigenvalue weighted by molar-refractivity contribution is 0.200. The highest BCUT2D eigenvalue weighted by Crippen LogP contribution is 2.16. The van der Waals surface area contributed by atoms with E-state index in [0.717, 1.165) is 36.9 Å². The number of nitrogens with one attached hydrogen (secondary N) is 1. The van der Waals surface area contributed by atoms with E-state index in [9.17, 15) is 8.42 Å². The van der Waals surface area contributed by atoms with Crippen LogP contribution in [-0.4, -0.2) is 32.4 Å². The molecule has 1 aliphatic rings. The molecule has 19 heavy (non-hydrogen) atoms. The minimum absolute atomic E-state index is 0.0313. The summed E-state index contributed by atoms with van der Waals surface area (Å²) in [6, 6.07) is 8.23. The molecule has 0 amide bonds. The first-order valence-corrected chi connectivity index (χ1v) is 8.53. The SMILES string of the molecule is NS(=O)(=O)NC1CCN(Cc2ccc(Br)cc2)CC1. The predicted molar refractivity (Wildman–Crippen MR) is 78.7 cm³/mol. The van der Waals surface area contributed by atoms with E-state index in [1.165, 1.54) is 5.56 Å². The number of halogens is 1. The van der Waals surface area contributed by atoms with Gasteiger partial charge in [-0.25, -0.2) is 5.14 Å². The molecule has 7 heteroatoms. The third-order valence-electron chi connectivity index (χ3n) is 3.24. The highest BCUT2D eigenvalue weighted by atomic mass is 79.9. The maximum absolute atomic E-state index is 11.0. The fourth-order valence-electron chi connectivity index (χ4n) is 2.29. The van der Waals surface area contributed by atoms with Crippen molar-refractivity contribution in [2.24, 2.45) is 5.14 Å². The van der Waals surface area contributed by atoms with Crippen LogP contribution in [0.4, 0.5) is 0 Å². The zero-order chi connectivity index (χ0) is 13.9. The first kappa shape index (κ1) is 14.9. The summed E-state index contributed by atoms with van der Waals surface area (Å²) in [5.41, 5.74) is 1.26. The molecule has 1 aromatic carbocycles. The van der Waals surface area contributed by atoms with E-state index >= 15 is 0 Å². The predicted octanol–water partition coefficient (Wildman–Crippen LogP) is 1.21. The van der Waals surface area contributed by atoms with Crippen LogP contribution in [0.3, 0.4) is 0 Å². The number of nitrogens with zero attached hydrogens (tertiary/aromatic N) is 1. The molecular formula is C12H18BrN3O2S. The van der Waals surface area contributed by atoms with Crippen LogP contribution < -0.4 is 9.86 Å². The molecule has 1 fully saturated rings. The van der Waals surface area contributed by atoms with E-state index in [2.05, 4.69) is 37.7 Å². The van der Waals surface area contributed by atoms with Gasteiger partial charge in [0, 0.05) is 30.1 Å². The van der Waals surface area contributed by atoms with Crippen molar-refractivity contribution in [1.82, 2.24) is 9.62 Å². The Morgan fingerprint density at radius 2 is 1.84 bits per heavy atom. The van der Waals surface area contributed by atoms with Gasteiger partial charge in [-0.1, -0.05) is 28.1 Å². The summed E-state index contributed by atoms with van der Waals surface area (Å²) in [4.78, 5) is 2.32. The van der Waals surface area contributed by atoms with Gasteiger partial charge < -0.3 is 0 Å². The van der Waals surface area contributed by atoms with Crippen molar-refractivity contribution in [2.45, 2.75) is 25.4 Å². The van der Waals surface area contributed by atoms with Crippen LogP contribution in [0.5, 0.6) is 0 Å². The molecule has 0 spiro atoms. The Morgan fingerprint density at radius 3 is 2.37 bits per heavy atom. The Balaban J connectivity index is 1.82. The maximum atomic E-state index is 11.0. The average Bonchev–Trinajstić information content (AvgIpc) is 2.33. The van der Waals surface area contributed by atoms with Gasteiger partial charge in [-0.3, -0.25) is 4.90 Å². The molecule has 1 aromatic rings. The third-order valence-corrected chi connectivity index (χ3v) is 4.43. The summed E-state index contributed by atoms with van der Waals surface area (Å²) in [5.74, 6) is 0. The van der Waals surface area contributed by atoms with Crippen LogP contribution in [0, 0.1) is 0 Å². The number of hydrogen-bond donors (Lipinski definition) is 2. The second kappa shape index (κ2) is 6.32. The van der Waals surface area contributed by atoms with E-state index in [0.29, 0.717) is 0 Å². The van der Waals surface area contributed by atoms with Crippen molar-refractivity contribution in [1.29, 1.82) is 0 Å². The van der Waals surface area contributed by atoms with Gasteiger partial charge in [0.2, 0.25) is 0 Å². The quantitative estimate of drug-likeness (QED) is 0.859. The van der Waals surface area contributed by atoms with E-state index in [1.807, 2.05) is 12.1 Å². The number of hydrogen-bond acceptors (Lipinski definition) is 3. The lowest BCUT2D eigenvalue weighted by Gasteiger charge is -2.31. The summed E-state index contributed by atoms with van der Waals surface area (Å²) in [5, 5.41) is 4.98. The minimum Gasteiger partial charge on any atom is -0.299 e. The fourth-order valence-corrected chi connectivity index (χ4v) is 3.25. The topological polar surface area (TPSA) is 75.4 Å². The van der Waals surface area contributed by atoms with Gasteiger partial charge in [-0.05, 0) is 30.5 Å². The number of likely N-dealkylation sites (tertiary alicyclic amines) is 1. The molecule has 0 saturated carbocycles. The molecule has 0 unspecified atom stereocenters.